The van der Waals surface area contributed by atoms with Crippen molar-refractivity contribution in [1.82, 2.24) is 19.7 Å². The molecule has 0 saturated heterocycles. The SMILES string of the molecule is CCOC(=O)C(c1cc(Cl)cc(Cl)c1)N(CC)C(=O)c1cc(C(C)C)nc2c1c(C)nn2C(C)(C)C. The average molecular weight is 534 g/mol. The van der Waals surface area contributed by atoms with E-state index in [0.717, 1.165) is 5.69 Å². The maximum Gasteiger partial charge on any atom is 0.333 e. The quantitative estimate of drug-likeness (QED) is 0.316. The van der Waals surface area contributed by atoms with Crippen molar-refractivity contribution in [3.05, 3.63) is 56.8 Å². The van der Waals surface area contributed by atoms with Crippen molar-refractivity contribution < 1.29 is 14.3 Å². The van der Waals surface area contributed by atoms with E-state index in [1.807, 2.05) is 59.2 Å². The van der Waals surface area contributed by atoms with Gasteiger partial charge in [-0.3, -0.25) is 4.79 Å². The number of carbonyl (C=O) groups excluding carboxylic acids is 2. The lowest BCUT2D eigenvalue weighted by molar-refractivity contribution is -0.148. The van der Waals surface area contributed by atoms with E-state index in [2.05, 4.69) is 0 Å². The highest BCUT2D eigenvalue weighted by Gasteiger charge is 2.35. The van der Waals surface area contributed by atoms with Crippen LogP contribution >= 0.6 is 23.2 Å². The van der Waals surface area contributed by atoms with Gasteiger partial charge in [-0.25, -0.2) is 14.5 Å². The van der Waals surface area contributed by atoms with Gasteiger partial charge in [0.2, 0.25) is 0 Å². The molecule has 36 heavy (non-hydrogen) atoms. The van der Waals surface area contributed by atoms with Gasteiger partial charge >= 0.3 is 5.97 Å². The van der Waals surface area contributed by atoms with Gasteiger partial charge < -0.3 is 9.64 Å². The van der Waals surface area contributed by atoms with Crippen LogP contribution in [0.2, 0.25) is 10.0 Å². The third kappa shape index (κ3) is 5.52. The number of likely N-dealkylation sites (N-methyl/N-ethyl adjacent to an activating group) is 1. The third-order valence-electron chi connectivity index (χ3n) is 5.91. The van der Waals surface area contributed by atoms with Crippen molar-refractivity contribution in [2.45, 2.75) is 72.9 Å². The molecule has 0 N–H and O–H groups in total. The number of rotatable bonds is 7. The summed E-state index contributed by atoms with van der Waals surface area (Å²) in [5.41, 5.74) is 2.69. The molecule has 0 aliphatic rings. The van der Waals surface area contributed by atoms with Crippen LogP contribution in [0.25, 0.3) is 11.0 Å². The van der Waals surface area contributed by atoms with Gasteiger partial charge in [0.25, 0.3) is 5.91 Å². The first-order valence-corrected chi connectivity index (χ1v) is 12.9. The fourth-order valence-corrected chi connectivity index (χ4v) is 4.78. The van der Waals surface area contributed by atoms with Crippen LogP contribution in [0.1, 0.15) is 87.7 Å². The highest BCUT2D eigenvalue weighted by molar-refractivity contribution is 6.34. The Hall–Kier alpha value is -2.64. The molecule has 7 nitrogen and oxygen atoms in total. The molecule has 0 spiro atoms. The fraction of sp³-hybridized carbons (Fsp3) is 0.481. The zero-order valence-corrected chi connectivity index (χ0v) is 23.7. The topological polar surface area (TPSA) is 77.3 Å². The second kappa shape index (κ2) is 10.8. The molecule has 9 heteroatoms. The minimum Gasteiger partial charge on any atom is -0.464 e. The minimum atomic E-state index is -1.03. The molecule has 1 amide bonds. The van der Waals surface area contributed by atoms with E-state index in [1.165, 1.54) is 4.90 Å². The molecular weight excluding hydrogens is 499 g/mol. The number of pyridine rings is 1. The van der Waals surface area contributed by atoms with Gasteiger partial charge in [0.1, 0.15) is 0 Å². The summed E-state index contributed by atoms with van der Waals surface area (Å²) in [6, 6.07) is 5.64. The number of amides is 1. The summed E-state index contributed by atoms with van der Waals surface area (Å²) in [6.45, 7) is 16.0. The number of aryl methyl sites for hydroxylation is 1. The Kier molecular flexibility index (Phi) is 8.36. The van der Waals surface area contributed by atoms with E-state index in [4.69, 9.17) is 38.0 Å². The Morgan fingerprint density at radius 3 is 2.19 bits per heavy atom. The zero-order chi connectivity index (χ0) is 26.9. The molecule has 0 radical (unpaired) electrons. The molecule has 0 aliphatic heterocycles. The summed E-state index contributed by atoms with van der Waals surface area (Å²) in [7, 11) is 0. The van der Waals surface area contributed by atoms with Crippen LogP contribution in [-0.2, 0) is 15.1 Å². The third-order valence-corrected chi connectivity index (χ3v) is 6.35. The largest absolute Gasteiger partial charge is 0.464 e. The molecule has 3 rings (SSSR count). The molecule has 1 atom stereocenters. The van der Waals surface area contributed by atoms with Gasteiger partial charge in [-0.05, 0) is 77.3 Å². The summed E-state index contributed by atoms with van der Waals surface area (Å²) in [4.78, 5) is 33.8. The smallest absolute Gasteiger partial charge is 0.333 e. The highest BCUT2D eigenvalue weighted by atomic mass is 35.5. The van der Waals surface area contributed by atoms with Crippen LogP contribution in [0.3, 0.4) is 0 Å². The molecule has 3 aromatic rings. The summed E-state index contributed by atoms with van der Waals surface area (Å²) in [5.74, 6) is -0.799. The Morgan fingerprint density at radius 2 is 1.69 bits per heavy atom. The van der Waals surface area contributed by atoms with Gasteiger partial charge in [0.05, 0.1) is 28.8 Å². The lowest BCUT2D eigenvalue weighted by Gasteiger charge is -2.30. The summed E-state index contributed by atoms with van der Waals surface area (Å²) >= 11 is 12.5. The molecule has 1 aromatic carbocycles. The highest BCUT2D eigenvalue weighted by Crippen LogP contribution is 2.33. The Bertz CT molecular complexity index is 1270. The molecule has 0 aliphatic carbocycles. The van der Waals surface area contributed by atoms with Crippen LogP contribution in [-0.4, -0.2) is 44.7 Å². The van der Waals surface area contributed by atoms with Crippen molar-refractivity contribution in [1.29, 1.82) is 0 Å². The molecule has 1 unspecified atom stereocenters. The second-order valence-electron chi connectivity index (χ2n) is 10.1. The van der Waals surface area contributed by atoms with Gasteiger partial charge in [-0.15, -0.1) is 0 Å². The Balaban J connectivity index is 2.28. The monoisotopic (exact) mass is 532 g/mol. The lowest BCUT2D eigenvalue weighted by atomic mass is 10.00. The van der Waals surface area contributed by atoms with E-state index >= 15 is 0 Å². The van der Waals surface area contributed by atoms with Crippen molar-refractivity contribution in [2.24, 2.45) is 0 Å². The minimum absolute atomic E-state index is 0.0761. The van der Waals surface area contributed by atoms with Gasteiger partial charge in [-0.2, -0.15) is 5.10 Å². The normalized spacial score (nSPS) is 12.8. The number of esters is 1. The number of hydrogen-bond donors (Lipinski definition) is 0. The van der Waals surface area contributed by atoms with Crippen LogP contribution in [0.5, 0.6) is 0 Å². The molecule has 194 valence electrons. The molecule has 0 bridgehead atoms. The van der Waals surface area contributed by atoms with Gasteiger partial charge in [0, 0.05) is 22.3 Å². The van der Waals surface area contributed by atoms with E-state index in [1.54, 1.807) is 25.1 Å². The van der Waals surface area contributed by atoms with Crippen LogP contribution < -0.4 is 0 Å². The molecule has 0 saturated carbocycles. The molecule has 0 fully saturated rings. The van der Waals surface area contributed by atoms with Crippen molar-refractivity contribution in [3.8, 4) is 0 Å². The van der Waals surface area contributed by atoms with E-state index in [9.17, 15) is 9.59 Å². The van der Waals surface area contributed by atoms with Crippen LogP contribution in [0.15, 0.2) is 24.3 Å². The maximum atomic E-state index is 14.3. The first kappa shape index (κ1) is 27.9. The van der Waals surface area contributed by atoms with E-state index in [0.29, 0.717) is 37.9 Å². The number of fused-ring (bicyclic) bond motifs is 1. The number of carbonyl (C=O) groups is 2. The lowest BCUT2D eigenvalue weighted by Crippen LogP contribution is -2.40. The summed E-state index contributed by atoms with van der Waals surface area (Å²) in [6.07, 6.45) is 0. The first-order chi connectivity index (χ1) is 16.8. The average Bonchev–Trinajstić information content (AvgIpc) is 3.12. The Labute approximate surface area is 222 Å². The number of ether oxygens (including phenoxy) is 1. The number of aromatic nitrogens is 3. The fourth-order valence-electron chi connectivity index (χ4n) is 4.24. The predicted molar refractivity (Wildman–Crippen MR) is 144 cm³/mol. The zero-order valence-electron chi connectivity index (χ0n) is 22.1. The standard InChI is InChI=1S/C27H34Cl2N4O3/c1-9-32(23(26(35)36-10-2)17-11-18(28)13-19(29)12-17)25(34)20-14-21(15(3)4)30-24-22(20)16(5)31-33(24)27(6,7)8/h11-15,23H,9-10H2,1-8H3. The van der Waals surface area contributed by atoms with Crippen LogP contribution in [0.4, 0.5) is 0 Å². The summed E-state index contributed by atoms with van der Waals surface area (Å²) in [5, 5.41) is 6.14. The van der Waals surface area contributed by atoms with E-state index < -0.39 is 12.0 Å². The molecule has 2 heterocycles. The van der Waals surface area contributed by atoms with Crippen molar-refractivity contribution in [3.63, 3.8) is 0 Å². The number of halogens is 2. The number of nitrogens with zero attached hydrogens (tertiary/aromatic N) is 4. The predicted octanol–water partition coefficient (Wildman–Crippen LogP) is 6.69. The molecule has 2 aromatic heterocycles. The van der Waals surface area contributed by atoms with Gasteiger partial charge in [-0.1, -0.05) is 37.0 Å². The van der Waals surface area contributed by atoms with Gasteiger partial charge in [0.15, 0.2) is 11.7 Å². The first-order valence-electron chi connectivity index (χ1n) is 12.1. The van der Waals surface area contributed by atoms with Crippen molar-refractivity contribution in [2.75, 3.05) is 13.2 Å². The molecular formula is C27H34Cl2N4O3. The Morgan fingerprint density at radius 1 is 1.08 bits per heavy atom. The maximum absolute atomic E-state index is 14.3. The van der Waals surface area contributed by atoms with Crippen molar-refractivity contribution >= 4 is 46.1 Å². The number of hydrogen-bond acceptors (Lipinski definition) is 5. The number of benzene rings is 1. The van der Waals surface area contributed by atoms with E-state index in [-0.39, 0.29) is 30.5 Å². The van der Waals surface area contributed by atoms with Crippen LogP contribution in [0, 0.1) is 6.92 Å². The summed E-state index contributed by atoms with van der Waals surface area (Å²) < 4.78 is 7.24. The second-order valence-corrected chi connectivity index (χ2v) is 10.9.